The number of benzene rings is 1. The quantitative estimate of drug-likeness (QED) is 0.769. The molecule has 0 saturated carbocycles. The second-order valence-electron chi connectivity index (χ2n) is 3.81. The first-order valence-corrected chi connectivity index (χ1v) is 5.10. The van der Waals surface area contributed by atoms with E-state index in [1.54, 1.807) is 0 Å². The molecule has 0 spiro atoms. The van der Waals surface area contributed by atoms with Gasteiger partial charge in [0, 0.05) is 0 Å². The fourth-order valence-electron chi connectivity index (χ4n) is 1.59. The number of aryl methyl sites for hydroxylation is 2. The summed E-state index contributed by atoms with van der Waals surface area (Å²) in [4.78, 5) is 0. The SMILES string of the molecule is Cc1ccc(C)c(C(O)CCCN)c1. The first kappa shape index (κ1) is 11.2. The fraction of sp³-hybridized carbons (Fsp3) is 0.500. The smallest absolute Gasteiger partial charge is 0.0793 e. The van der Waals surface area contributed by atoms with Crippen LogP contribution in [0.4, 0.5) is 0 Å². The van der Waals surface area contributed by atoms with Crippen molar-refractivity contribution >= 4 is 0 Å². The van der Waals surface area contributed by atoms with Crippen LogP contribution in [0.5, 0.6) is 0 Å². The highest BCUT2D eigenvalue weighted by Gasteiger charge is 2.09. The monoisotopic (exact) mass is 193 g/mol. The van der Waals surface area contributed by atoms with Crippen molar-refractivity contribution in [3.8, 4) is 0 Å². The Morgan fingerprint density at radius 1 is 1.36 bits per heavy atom. The molecule has 1 atom stereocenters. The predicted octanol–water partition coefficient (Wildman–Crippen LogP) is 2.08. The Morgan fingerprint density at radius 2 is 2.07 bits per heavy atom. The molecule has 0 aliphatic carbocycles. The molecule has 0 heterocycles. The van der Waals surface area contributed by atoms with Gasteiger partial charge in [-0.05, 0) is 44.4 Å². The van der Waals surface area contributed by atoms with Crippen LogP contribution in [0, 0.1) is 13.8 Å². The molecular weight excluding hydrogens is 174 g/mol. The molecule has 14 heavy (non-hydrogen) atoms. The fourth-order valence-corrected chi connectivity index (χ4v) is 1.59. The summed E-state index contributed by atoms with van der Waals surface area (Å²) in [6.45, 7) is 4.71. The Bertz CT molecular complexity index is 296. The minimum absolute atomic E-state index is 0.363. The maximum Gasteiger partial charge on any atom is 0.0793 e. The van der Waals surface area contributed by atoms with E-state index in [-0.39, 0.29) is 6.10 Å². The van der Waals surface area contributed by atoms with Crippen molar-refractivity contribution in [2.75, 3.05) is 6.54 Å². The third kappa shape index (κ3) is 2.82. The minimum Gasteiger partial charge on any atom is -0.388 e. The van der Waals surface area contributed by atoms with Crippen LogP contribution in [0.3, 0.4) is 0 Å². The summed E-state index contributed by atoms with van der Waals surface area (Å²) in [5.74, 6) is 0. The van der Waals surface area contributed by atoms with Gasteiger partial charge in [-0.25, -0.2) is 0 Å². The molecule has 1 unspecified atom stereocenters. The molecule has 2 nitrogen and oxygen atoms in total. The third-order valence-corrected chi connectivity index (χ3v) is 2.48. The molecule has 0 saturated heterocycles. The third-order valence-electron chi connectivity index (χ3n) is 2.48. The van der Waals surface area contributed by atoms with Gasteiger partial charge in [0.15, 0.2) is 0 Å². The van der Waals surface area contributed by atoms with Gasteiger partial charge in [0.05, 0.1) is 6.10 Å². The van der Waals surface area contributed by atoms with Gasteiger partial charge in [0.2, 0.25) is 0 Å². The Morgan fingerprint density at radius 3 is 2.71 bits per heavy atom. The number of aliphatic hydroxyl groups is 1. The van der Waals surface area contributed by atoms with Crippen molar-refractivity contribution in [1.29, 1.82) is 0 Å². The first-order chi connectivity index (χ1) is 6.65. The molecule has 0 aliphatic heterocycles. The Hall–Kier alpha value is -0.860. The van der Waals surface area contributed by atoms with Crippen LogP contribution >= 0.6 is 0 Å². The highest BCUT2D eigenvalue weighted by molar-refractivity contribution is 5.32. The molecule has 0 radical (unpaired) electrons. The zero-order valence-corrected chi connectivity index (χ0v) is 8.96. The minimum atomic E-state index is -0.363. The van der Waals surface area contributed by atoms with E-state index >= 15 is 0 Å². The summed E-state index contributed by atoms with van der Waals surface area (Å²) in [6, 6.07) is 6.17. The van der Waals surface area contributed by atoms with Gasteiger partial charge in [-0.2, -0.15) is 0 Å². The van der Waals surface area contributed by atoms with Gasteiger partial charge in [-0.3, -0.25) is 0 Å². The molecule has 0 aromatic heterocycles. The molecule has 0 bridgehead atoms. The van der Waals surface area contributed by atoms with Crippen molar-refractivity contribution in [3.63, 3.8) is 0 Å². The summed E-state index contributed by atoms with van der Waals surface area (Å²) in [5, 5.41) is 9.90. The number of hydrogen-bond acceptors (Lipinski definition) is 2. The van der Waals surface area contributed by atoms with Crippen LogP contribution in [0.25, 0.3) is 0 Å². The lowest BCUT2D eigenvalue weighted by atomic mass is 9.98. The van der Waals surface area contributed by atoms with Crippen molar-refractivity contribution in [3.05, 3.63) is 34.9 Å². The average molecular weight is 193 g/mol. The van der Waals surface area contributed by atoms with E-state index in [0.717, 1.165) is 24.0 Å². The van der Waals surface area contributed by atoms with Gasteiger partial charge in [0.1, 0.15) is 0 Å². The zero-order valence-electron chi connectivity index (χ0n) is 8.96. The van der Waals surface area contributed by atoms with Crippen molar-refractivity contribution in [2.24, 2.45) is 5.73 Å². The molecule has 0 aliphatic rings. The molecule has 2 heteroatoms. The zero-order chi connectivity index (χ0) is 10.6. The van der Waals surface area contributed by atoms with Crippen molar-refractivity contribution < 1.29 is 5.11 Å². The van der Waals surface area contributed by atoms with Gasteiger partial charge in [-0.15, -0.1) is 0 Å². The van der Waals surface area contributed by atoms with Crippen LogP contribution in [-0.2, 0) is 0 Å². The van der Waals surface area contributed by atoms with Gasteiger partial charge in [0.25, 0.3) is 0 Å². The number of nitrogens with two attached hydrogens (primary N) is 1. The van der Waals surface area contributed by atoms with Crippen LogP contribution in [0.1, 0.15) is 35.6 Å². The predicted molar refractivity (Wildman–Crippen MR) is 59.2 cm³/mol. The Balaban J connectivity index is 2.77. The average Bonchev–Trinajstić information content (AvgIpc) is 2.18. The lowest BCUT2D eigenvalue weighted by Crippen LogP contribution is -2.05. The Labute approximate surface area is 85.8 Å². The molecule has 3 N–H and O–H groups in total. The van der Waals surface area contributed by atoms with Gasteiger partial charge >= 0.3 is 0 Å². The van der Waals surface area contributed by atoms with E-state index in [9.17, 15) is 5.11 Å². The lowest BCUT2D eigenvalue weighted by molar-refractivity contribution is 0.164. The van der Waals surface area contributed by atoms with Crippen LogP contribution in [0.2, 0.25) is 0 Å². The van der Waals surface area contributed by atoms with Crippen LogP contribution in [0.15, 0.2) is 18.2 Å². The topological polar surface area (TPSA) is 46.2 Å². The molecule has 0 amide bonds. The molecule has 1 aromatic rings. The molecule has 1 rings (SSSR count). The Kier molecular flexibility index (Phi) is 4.11. The lowest BCUT2D eigenvalue weighted by Gasteiger charge is -2.13. The normalized spacial score (nSPS) is 12.9. The molecule has 0 fully saturated rings. The maximum atomic E-state index is 9.90. The van der Waals surface area contributed by atoms with E-state index < -0.39 is 0 Å². The second-order valence-corrected chi connectivity index (χ2v) is 3.81. The van der Waals surface area contributed by atoms with E-state index in [2.05, 4.69) is 18.2 Å². The van der Waals surface area contributed by atoms with Gasteiger partial charge < -0.3 is 10.8 Å². The van der Waals surface area contributed by atoms with Gasteiger partial charge in [-0.1, -0.05) is 23.8 Å². The standard InChI is InChI=1S/C12H19NO/c1-9-5-6-10(2)11(8-9)12(14)4-3-7-13/h5-6,8,12,14H,3-4,7,13H2,1-2H3. The van der Waals surface area contributed by atoms with E-state index in [4.69, 9.17) is 5.73 Å². The van der Waals surface area contributed by atoms with Crippen LogP contribution in [-0.4, -0.2) is 11.7 Å². The van der Waals surface area contributed by atoms with Crippen LogP contribution < -0.4 is 5.73 Å². The number of rotatable bonds is 4. The highest BCUT2D eigenvalue weighted by atomic mass is 16.3. The second kappa shape index (κ2) is 5.13. The molecule has 78 valence electrons. The van der Waals surface area contributed by atoms with Crippen molar-refractivity contribution in [1.82, 2.24) is 0 Å². The summed E-state index contributed by atoms with van der Waals surface area (Å²) < 4.78 is 0. The molecule has 1 aromatic carbocycles. The van der Waals surface area contributed by atoms with E-state index in [1.165, 1.54) is 5.56 Å². The largest absolute Gasteiger partial charge is 0.388 e. The highest BCUT2D eigenvalue weighted by Crippen LogP contribution is 2.22. The first-order valence-electron chi connectivity index (χ1n) is 5.10. The molecular formula is C12H19NO. The van der Waals surface area contributed by atoms with E-state index in [0.29, 0.717) is 6.54 Å². The summed E-state index contributed by atoms with van der Waals surface area (Å²) in [7, 11) is 0. The number of hydrogen-bond donors (Lipinski definition) is 2. The van der Waals surface area contributed by atoms with Crippen molar-refractivity contribution in [2.45, 2.75) is 32.8 Å². The summed E-state index contributed by atoms with van der Waals surface area (Å²) in [5.41, 5.74) is 8.80. The summed E-state index contributed by atoms with van der Waals surface area (Å²) in [6.07, 6.45) is 1.26. The maximum absolute atomic E-state index is 9.90. The number of aliphatic hydroxyl groups excluding tert-OH is 1. The van der Waals surface area contributed by atoms with E-state index in [1.807, 2.05) is 13.8 Å². The summed E-state index contributed by atoms with van der Waals surface area (Å²) >= 11 is 0.